The van der Waals surface area contributed by atoms with Crippen LogP contribution in [-0.2, 0) is 14.8 Å². The number of anilines is 1. The molecule has 3 aromatic rings. The van der Waals surface area contributed by atoms with Gasteiger partial charge in [-0.1, -0.05) is 25.1 Å². The van der Waals surface area contributed by atoms with Gasteiger partial charge in [0.15, 0.2) is 0 Å². The van der Waals surface area contributed by atoms with Crippen LogP contribution in [0.4, 0.5) is 5.69 Å². The van der Waals surface area contributed by atoms with Crippen LogP contribution in [0.25, 0.3) is 10.9 Å². The molecule has 0 spiro atoms. The summed E-state index contributed by atoms with van der Waals surface area (Å²) in [6.45, 7) is 4.29. The van der Waals surface area contributed by atoms with Crippen LogP contribution in [0.3, 0.4) is 0 Å². The molecule has 1 amide bonds. The predicted octanol–water partition coefficient (Wildman–Crippen LogP) is 4.12. The van der Waals surface area contributed by atoms with Crippen molar-refractivity contribution in [2.24, 2.45) is 0 Å². The molecule has 1 aliphatic rings. The summed E-state index contributed by atoms with van der Waals surface area (Å²) in [5.41, 5.74) is 2.03. The number of aromatic nitrogens is 1. The lowest BCUT2D eigenvalue weighted by Crippen LogP contribution is -2.41. The summed E-state index contributed by atoms with van der Waals surface area (Å²) in [4.78, 5) is 16.3. The molecule has 32 heavy (non-hydrogen) atoms. The van der Waals surface area contributed by atoms with Crippen molar-refractivity contribution in [1.82, 2.24) is 9.29 Å². The summed E-state index contributed by atoms with van der Waals surface area (Å²) < 4.78 is 34.2. The first-order chi connectivity index (χ1) is 15.4. The fourth-order valence-corrected chi connectivity index (χ4v) is 5.62. The highest BCUT2D eigenvalue weighted by Crippen LogP contribution is 2.29. The summed E-state index contributed by atoms with van der Waals surface area (Å²) >= 11 is 0. The SMILES string of the molecule is CCC(=O)Nc1ccc(S(=O)(=O)N2CCC(Oc3cccc4cccnc34)CC2)c(C)c1. The fourth-order valence-electron chi connectivity index (χ4n) is 3.95. The van der Waals surface area contributed by atoms with Crippen molar-refractivity contribution in [3.8, 4) is 5.75 Å². The van der Waals surface area contributed by atoms with Gasteiger partial charge in [-0.05, 0) is 55.7 Å². The minimum atomic E-state index is -3.62. The maximum atomic E-state index is 13.2. The molecule has 8 heteroatoms. The molecule has 2 heterocycles. The zero-order chi connectivity index (χ0) is 22.7. The number of sulfonamides is 1. The van der Waals surface area contributed by atoms with E-state index in [2.05, 4.69) is 10.3 Å². The van der Waals surface area contributed by atoms with Crippen molar-refractivity contribution in [2.75, 3.05) is 18.4 Å². The van der Waals surface area contributed by atoms with Crippen molar-refractivity contribution in [1.29, 1.82) is 0 Å². The second kappa shape index (κ2) is 9.26. The van der Waals surface area contributed by atoms with Crippen molar-refractivity contribution >= 4 is 32.5 Å². The number of piperidine rings is 1. The number of nitrogens with zero attached hydrogens (tertiary/aromatic N) is 2. The lowest BCUT2D eigenvalue weighted by atomic mass is 10.1. The Hall–Kier alpha value is -2.97. The smallest absolute Gasteiger partial charge is 0.243 e. The monoisotopic (exact) mass is 453 g/mol. The summed E-state index contributed by atoms with van der Waals surface area (Å²) in [7, 11) is -3.62. The molecule has 168 valence electrons. The molecule has 0 aliphatic carbocycles. The number of rotatable bonds is 6. The van der Waals surface area contributed by atoms with E-state index in [0.29, 0.717) is 43.6 Å². The van der Waals surface area contributed by atoms with Gasteiger partial charge in [0.1, 0.15) is 17.4 Å². The molecule has 0 radical (unpaired) electrons. The Balaban J connectivity index is 1.44. The molecule has 1 saturated heterocycles. The Morgan fingerprint density at radius 1 is 1.16 bits per heavy atom. The van der Waals surface area contributed by atoms with Gasteiger partial charge in [-0.15, -0.1) is 0 Å². The van der Waals surface area contributed by atoms with E-state index < -0.39 is 10.0 Å². The van der Waals surface area contributed by atoms with Crippen molar-refractivity contribution in [3.63, 3.8) is 0 Å². The molecule has 0 unspecified atom stereocenters. The van der Waals surface area contributed by atoms with Crippen LogP contribution in [0.1, 0.15) is 31.7 Å². The molecular weight excluding hydrogens is 426 g/mol. The van der Waals surface area contributed by atoms with Gasteiger partial charge in [-0.2, -0.15) is 4.31 Å². The Morgan fingerprint density at radius 3 is 2.62 bits per heavy atom. The van der Waals surface area contributed by atoms with Crippen LogP contribution in [0, 0.1) is 6.92 Å². The number of carbonyl (C=O) groups excluding carboxylic acids is 1. The van der Waals surface area contributed by atoms with Gasteiger partial charge < -0.3 is 10.1 Å². The average molecular weight is 454 g/mol. The Bertz CT molecular complexity index is 1230. The second-order valence-corrected chi connectivity index (χ2v) is 9.84. The molecule has 0 bridgehead atoms. The van der Waals surface area contributed by atoms with Gasteiger partial charge in [-0.3, -0.25) is 9.78 Å². The van der Waals surface area contributed by atoms with E-state index in [1.807, 2.05) is 30.3 Å². The van der Waals surface area contributed by atoms with E-state index in [0.717, 1.165) is 16.7 Å². The topological polar surface area (TPSA) is 88.6 Å². The zero-order valence-corrected chi connectivity index (χ0v) is 19.1. The lowest BCUT2D eigenvalue weighted by Gasteiger charge is -2.32. The van der Waals surface area contributed by atoms with E-state index in [-0.39, 0.29) is 16.9 Å². The maximum absolute atomic E-state index is 13.2. The van der Waals surface area contributed by atoms with Gasteiger partial charge in [0, 0.05) is 36.8 Å². The molecule has 0 atom stereocenters. The zero-order valence-electron chi connectivity index (χ0n) is 18.2. The number of amides is 1. The molecule has 1 aliphatic heterocycles. The molecule has 4 rings (SSSR count). The number of nitrogens with one attached hydrogen (secondary N) is 1. The maximum Gasteiger partial charge on any atom is 0.243 e. The van der Waals surface area contributed by atoms with Crippen LogP contribution in [0.2, 0.25) is 0 Å². The minimum absolute atomic E-state index is 0.0678. The normalized spacial score (nSPS) is 15.6. The van der Waals surface area contributed by atoms with Crippen molar-refractivity contribution in [3.05, 3.63) is 60.3 Å². The molecular formula is C24H27N3O4S. The standard InChI is InChI=1S/C24H27N3O4S/c1-3-23(28)26-19-9-10-22(17(2)16-19)32(29,30)27-14-11-20(12-15-27)31-21-8-4-6-18-7-5-13-25-24(18)21/h4-10,13,16,20H,3,11-12,14-15H2,1-2H3,(H,26,28). The Labute approximate surface area is 188 Å². The number of ether oxygens (including phenoxy) is 1. The van der Waals surface area contributed by atoms with Crippen LogP contribution in [0.5, 0.6) is 5.75 Å². The predicted molar refractivity (Wildman–Crippen MR) is 124 cm³/mol. The highest BCUT2D eigenvalue weighted by molar-refractivity contribution is 7.89. The Morgan fingerprint density at radius 2 is 1.91 bits per heavy atom. The van der Waals surface area contributed by atoms with Gasteiger partial charge in [0.25, 0.3) is 0 Å². The highest BCUT2D eigenvalue weighted by Gasteiger charge is 2.31. The number of fused-ring (bicyclic) bond motifs is 1. The third-order valence-electron chi connectivity index (χ3n) is 5.69. The summed E-state index contributed by atoms with van der Waals surface area (Å²) in [6.07, 6.45) is 3.25. The van der Waals surface area contributed by atoms with E-state index in [1.165, 1.54) is 4.31 Å². The molecule has 1 fully saturated rings. The number of carbonyl (C=O) groups is 1. The fraction of sp³-hybridized carbons (Fsp3) is 0.333. The summed E-state index contributed by atoms with van der Waals surface area (Å²) in [5, 5.41) is 3.78. The lowest BCUT2D eigenvalue weighted by molar-refractivity contribution is -0.115. The quantitative estimate of drug-likeness (QED) is 0.606. The van der Waals surface area contributed by atoms with Gasteiger partial charge >= 0.3 is 0 Å². The number of hydrogen-bond acceptors (Lipinski definition) is 5. The van der Waals surface area contributed by atoms with Crippen LogP contribution in [-0.4, -0.2) is 42.8 Å². The van der Waals surface area contributed by atoms with Crippen LogP contribution < -0.4 is 10.1 Å². The molecule has 1 aromatic heterocycles. The molecule has 0 saturated carbocycles. The molecule has 7 nitrogen and oxygen atoms in total. The number of hydrogen-bond donors (Lipinski definition) is 1. The largest absolute Gasteiger partial charge is 0.488 e. The summed E-state index contributed by atoms with van der Waals surface area (Å²) in [5.74, 6) is 0.619. The van der Waals surface area contributed by atoms with E-state index in [9.17, 15) is 13.2 Å². The van der Waals surface area contributed by atoms with Crippen LogP contribution >= 0.6 is 0 Å². The van der Waals surface area contributed by atoms with Gasteiger partial charge in [0.05, 0.1) is 4.90 Å². The first-order valence-corrected chi connectivity index (χ1v) is 12.2. The average Bonchev–Trinajstić information content (AvgIpc) is 2.79. The van der Waals surface area contributed by atoms with E-state index in [4.69, 9.17) is 4.74 Å². The highest BCUT2D eigenvalue weighted by atomic mass is 32.2. The van der Waals surface area contributed by atoms with Crippen LogP contribution in [0.15, 0.2) is 59.6 Å². The minimum Gasteiger partial charge on any atom is -0.488 e. The Kier molecular flexibility index (Phi) is 6.43. The van der Waals surface area contributed by atoms with Gasteiger partial charge in [0.2, 0.25) is 15.9 Å². The molecule has 2 aromatic carbocycles. The number of para-hydroxylation sites is 1. The third kappa shape index (κ3) is 4.61. The number of aryl methyl sites for hydroxylation is 1. The van der Waals surface area contributed by atoms with E-state index >= 15 is 0 Å². The van der Waals surface area contributed by atoms with Crippen molar-refractivity contribution < 1.29 is 17.9 Å². The first kappa shape index (κ1) is 22.2. The van der Waals surface area contributed by atoms with Gasteiger partial charge in [-0.25, -0.2) is 8.42 Å². The van der Waals surface area contributed by atoms with E-state index in [1.54, 1.807) is 38.2 Å². The number of benzene rings is 2. The number of pyridine rings is 1. The first-order valence-electron chi connectivity index (χ1n) is 10.8. The third-order valence-corrected chi connectivity index (χ3v) is 7.75. The van der Waals surface area contributed by atoms with Crippen molar-refractivity contribution in [2.45, 2.75) is 44.1 Å². The molecule has 1 N–H and O–H groups in total. The summed E-state index contributed by atoms with van der Waals surface area (Å²) in [6, 6.07) is 14.6. The second-order valence-electron chi connectivity index (χ2n) is 7.93.